The number of carbonyl (C=O) groups is 1. The predicted molar refractivity (Wildman–Crippen MR) is 85.4 cm³/mol. The first-order chi connectivity index (χ1) is 10.7. The highest BCUT2D eigenvalue weighted by atomic mass is 32.2. The summed E-state index contributed by atoms with van der Waals surface area (Å²) in [4.78, 5) is 18.2. The Morgan fingerprint density at radius 3 is 2.77 bits per heavy atom. The van der Waals surface area contributed by atoms with Crippen LogP contribution in [0.25, 0.3) is 0 Å². The molecule has 0 aliphatic carbocycles. The summed E-state index contributed by atoms with van der Waals surface area (Å²) in [5.41, 5.74) is 1.20. The van der Waals surface area contributed by atoms with E-state index in [9.17, 15) is 4.79 Å². The standard InChI is InChI=1S/C16H22N2O3S/c1-13-10-20-16(21-13)4-8-18(9-5-16)15(19)12-22-11-14-2-6-17-7-3-14/h2-3,6-7,13H,4-5,8-12H2,1H3. The Morgan fingerprint density at radius 1 is 1.41 bits per heavy atom. The van der Waals surface area contributed by atoms with Gasteiger partial charge in [0, 0.05) is 44.1 Å². The fourth-order valence-electron chi connectivity index (χ4n) is 2.89. The lowest BCUT2D eigenvalue weighted by atomic mass is 10.0. The van der Waals surface area contributed by atoms with Crippen LogP contribution in [0, 0.1) is 0 Å². The minimum absolute atomic E-state index is 0.165. The van der Waals surface area contributed by atoms with Crippen molar-refractivity contribution in [2.75, 3.05) is 25.4 Å². The lowest BCUT2D eigenvalue weighted by molar-refractivity contribution is -0.194. The monoisotopic (exact) mass is 322 g/mol. The van der Waals surface area contributed by atoms with Gasteiger partial charge in [-0.3, -0.25) is 9.78 Å². The molecule has 0 saturated carbocycles. The van der Waals surface area contributed by atoms with Gasteiger partial charge in [0.05, 0.1) is 18.5 Å². The molecule has 5 nitrogen and oxygen atoms in total. The van der Waals surface area contributed by atoms with Crippen molar-refractivity contribution in [3.63, 3.8) is 0 Å². The number of aromatic nitrogens is 1. The molecule has 3 rings (SSSR count). The third-order valence-corrected chi connectivity index (χ3v) is 5.11. The molecule has 2 saturated heterocycles. The molecular weight excluding hydrogens is 300 g/mol. The van der Waals surface area contributed by atoms with Gasteiger partial charge in [0.15, 0.2) is 5.79 Å². The quantitative estimate of drug-likeness (QED) is 0.849. The summed E-state index contributed by atoms with van der Waals surface area (Å²) in [5, 5.41) is 0. The molecule has 1 atom stereocenters. The number of ether oxygens (including phenoxy) is 2. The average molecular weight is 322 g/mol. The van der Waals surface area contributed by atoms with E-state index in [-0.39, 0.29) is 12.0 Å². The second kappa shape index (κ2) is 6.98. The molecule has 0 bridgehead atoms. The van der Waals surface area contributed by atoms with E-state index in [1.54, 1.807) is 24.2 Å². The van der Waals surface area contributed by atoms with E-state index in [1.165, 1.54) is 5.56 Å². The predicted octanol–water partition coefficient (Wildman–Crippen LogP) is 2.07. The molecule has 2 aliphatic rings. The molecule has 1 unspecified atom stereocenters. The van der Waals surface area contributed by atoms with E-state index in [1.807, 2.05) is 24.0 Å². The normalized spacial score (nSPS) is 23.9. The van der Waals surface area contributed by atoms with Crippen molar-refractivity contribution < 1.29 is 14.3 Å². The summed E-state index contributed by atoms with van der Waals surface area (Å²) < 4.78 is 11.7. The summed E-state index contributed by atoms with van der Waals surface area (Å²) >= 11 is 1.65. The van der Waals surface area contributed by atoms with Crippen molar-refractivity contribution in [1.82, 2.24) is 9.88 Å². The van der Waals surface area contributed by atoms with Gasteiger partial charge in [-0.25, -0.2) is 0 Å². The topological polar surface area (TPSA) is 51.7 Å². The van der Waals surface area contributed by atoms with Crippen molar-refractivity contribution in [3.8, 4) is 0 Å². The first kappa shape index (κ1) is 15.8. The Bertz CT molecular complexity index is 503. The smallest absolute Gasteiger partial charge is 0.232 e. The van der Waals surface area contributed by atoms with E-state index in [0.29, 0.717) is 12.4 Å². The number of nitrogens with zero attached hydrogens (tertiary/aromatic N) is 2. The number of carbonyl (C=O) groups excluding carboxylic acids is 1. The van der Waals surface area contributed by atoms with E-state index < -0.39 is 5.79 Å². The minimum atomic E-state index is -0.430. The average Bonchev–Trinajstić information content (AvgIpc) is 2.89. The fraction of sp³-hybridized carbons (Fsp3) is 0.625. The molecule has 1 aromatic rings. The van der Waals surface area contributed by atoms with Crippen LogP contribution in [0.2, 0.25) is 0 Å². The van der Waals surface area contributed by atoms with Crippen molar-refractivity contribution in [2.24, 2.45) is 0 Å². The highest BCUT2D eigenvalue weighted by molar-refractivity contribution is 7.99. The highest BCUT2D eigenvalue weighted by Crippen LogP contribution is 2.34. The first-order valence-electron chi connectivity index (χ1n) is 7.73. The van der Waals surface area contributed by atoms with E-state index in [2.05, 4.69) is 4.98 Å². The Morgan fingerprint density at radius 2 is 2.14 bits per heavy atom. The van der Waals surface area contributed by atoms with Crippen molar-refractivity contribution >= 4 is 17.7 Å². The molecule has 6 heteroatoms. The molecule has 2 fully saturated rings. The van der Waals surface area contributed by atoms with Crippen LogP contribution in [0.1, 0.15) is 25.3 Å². The molecule has 3 heterocycles. The maximum atomic E-state index is 12.3. The lowest BCUT2D eigenvalue weighted by Crippen LogP contribution is -2.48. The Labute approximate surface area is 135 Å². The van der Waals surface area contributed by atoms with Crippen LogP contribution in [-0.2, 0) is 20.0 Å². The number of thioether (sulfide) groups is 1. The van der Waals surface area contributed by atoms with Gasteiger partial charge >= 0.3 is 0 Å². The molecule has 120 valence electrons. The summed E-state index contributed by atoms with van der Waals surface area (Å²) in [5.74, 6) is 1.14. The first-order valence-corrected chi connectivity index (χ1v) is 8.89. The molecule has 1 spiro atoms. The summed E-state index contributed by atoms with van der Waals surface area (Å²) in [6.45, 7) is 4.14. The fourth-order valence-corrected chi connectivity index (χ4v) is 3.78. The molecule has 1 amide bonds. The Hall–Kier alpha value is -1.11. The number of piperidine rings is 1. The molecule has 1 aromatic heterocycles. The van der Waals surface area contributed by atoms with Crippen LogP contribution in [-0.4, -0.2) is 53.1 Å². The molecular formula is C16H22N2O3S. The summed E-state index contributed by atoms with van der Waals surface area (Å²) in [7, 11) is 0. The van der Waals surface area contributed by atoms with Crippen LogP contribution >= 0.6 is 11.8 Å². The summed E-state index contributed by atoms with van der Waals surface area (Å²) in [6.07, 6.45) is 5.28. The van der Waals surface area contributed by atoms with Gasteiger partial charge in [-0.2, -0.15) is 0 Å². The molecule has 0 radical (unpaired) electrons. The van der Waals surface area contributed by atoms with Gasteiger partial charge in [-0.15, -0.1) is 11.8 Å². The summed E-state index contributed by atoms with van der Waals surface area (Å²) in [6, 6.07) is 3.97. The molecule has 22 heavy (non-hydrogen) atoms. The number of pyridine rings is 1. The van der Waals surface area contributed by atoms with Gasteiger partial charge in [0.1, 0.15) is 0 Å². The zero-order valence-electron chi connectivity index (χ0n) is 12.9. The minimum Gasteiger partial charge on any atom is -0.347 e. The number of rotatable bonds is 4. The SMILES string of the molecule is CC1COC2(CCN(C(=O)CSCc3ccncc3)CC2)O1. The van der Waals surface area contributed by atoms with Gasteiger partial charge < -0.3 is 14.4 Å². The second-order valence-electron chi connectivity index (χ2n) is 5.88. The van der Waals surface area contributed by atoms with Crippen molar-refractivity contribution in [2.45, 2.75) is 37.4 Å². The number of likely N-dealkylation sites (tertiary alicyclic amines) is 1. The van der Waals surface area contributed by atoms with Gasteiger partial charge in [0.2, 0.25) is 5.91 Å². The zero-order chi connectivity index (χ0) is 15.4. The number of hydrogen-bond acceptors (Lipinski definition) is 5. The maximum absolute atomic E-state index is 12.3. The molecule has 2 aliphatic heterocycles. The van der Waals surface area contributed by atoms with E-state index in [4.69, 9.17) is 9.47 Å². The highest BCUT2D eigenvalue weighted by Gasteiger charge is 2.43. The third-order valence-electron chi connectivity index (χ3n) is 4.12. The third kappa shape index (κ3) is 3.80. The van der Waals surface area contributed by atoms with Crippen LogP contribution in [0.15, 0.2) is 24.5 Å². The maximum Gasteiger partial charge on any atom is 0.232 e. The van der Waals surface area contributed by atoms with Gasteiger partial charge in [-0.05, 0) is 24.6 Å². The number of hydrogen-bond donors (Lipinski definition) is 0. The van der Waals surface area contributed by atoms with Crippen LogP contribution in [0.5, 0.6) is 0 Å². The molecule has 0 aromatic carbocycles. The van der Waals surface area contributed by atoms with Crippen LogP contribution < -0.4 is 0 Å². The van der Waals surface area contributed by atoms with Gasteiger partial charge in [0.25, 0.3) is 0 Å². The van der Waals surface area contributed by atoms with E-state index in [0.717, 1.165) is 31.7 Å². The Balaban J connectivity index is 1.40. The largest absolute Gasteiger partial charge is 0.347 e. The van der Waals surface area contributed by atoms with Crippen LogP contribution in [0.3, 0.4) is 0 Å². The second-order valence-corrected chi connectivity index (χ2v) is 6.86. The van der Waals surface area contributed by atoms with Crippen molar-refractivity contribution in [1.29, 1.82) is 0 Å². The Kier molecular flexibility index (Phi) is 5.00. The van der Waals surface area contributed by atoms with Crippen LogP contribution in [0.4, 0.5) is 0 Å². The lowest BCUT2D eigenvalue weighted by Gasteiger charge is -2.37. The number of amides is 1. The zero-order valence-corrected chi connectivity index (χ0v) is 13.7. The molecule has 0 N–H and O–H groups in total. The van der Waals surface area contributed by atoms with E-state index >= 15 is 0 Å². The van der Waals surface area contributed by atoms with Crippen molar-refractivity contribution in [3.05, 3.63) is 30.1 Å². The van der Waals surface area contributed by atoms with Gasteiger partial charge in [-0.1, -0.05) is 0 Å².